The number of aryl methyl sites for hydroxylation is 1. The molecule has 116 valence electrons. The lowest BCUT2D eigenvalue weighted by atomic mass is 10.2. The Balaban J connectivity index is 1.97. The first-order valence-electron chi connectivity index (χ1n) is 7.11. The van der Waals surface area contributed by atoms with Gasteiger partial charge in [0.25, 0.3) is 0 Å². The fourth-order valence-corrected chi connectivity index (χ4v) is 1.83. The maximum Gasteiger partial charge on any atom is 0.412 e. The maximum absolute atomic E-state index is 11.7. The summed E-state index contributed by atoms with van der Waals surface area (Å²) in [4.78, 5) is 15.9. The number of amides is 1. The van der Waals surface area contributed by atoms with E-state index in [1.54, 1.807) is 18.3 Å². The molecule has 1 heterocycles. The van der Waals surface area contributed by atoms with Crippen LogP contribution in [0.25, 0.3) is 0 Å². The first kappa shape index (κ1) is 15.8. The summed E-state index contributed by atoms with van der Waals surface area (Å²) in [6.45, 7) is 7.49. The molecule has 22 heavy (non-hydrogen) atoms. The SMILES string of the molecule is Cc1cccc(Nc2ccc(NC(=O)OC(C)(C)C)cn2)c1. The molecule has 0 fully saturated rings. The van der Waals surface area contributed by atoms with Gasteiger partial charge in [0.15, 0.2) is 0 Å². The Morgan fingerprint density at radius 1 is 1.14 bits per heavy atom. The molecule has 2 aromatic rings. The number of aromatic nitrogens is 1. The molecule has 2 rings (SSSR count). The van der Waals surface area contributed by atoms with Gasteiger partial charge < -0.3 is 10.1 Å². The first-order valence-corrected chi connectivity index (χ1v) is 7.11. The highest BCUT2D eigenvalue weighted by molar-refractivity contribution is 5.84. The van der Waals surface area contributed by atoms with Crippen molar-refractivity contribution in [3.05, 3.63) is 48.2 Å². The van der Waals surface area contributed by atoms with Gasteiger partial charge in [-0.1, -0.05) is 12.1 Å². The minimum atomic E-state index is -0.524. The van der Waals surface area contributed by atoms with Gasteiger partial charge in [-0.25, -0.2) is 9.78 Å². The Bertz CT molecular complexity index is 646. The number of carbonyl (C=O) groups is 1. The van der Waals surface area contributed by atoms with Gasteiger partial charge in [0.1, 0.15) is 11.4 Å². The van der Waals surface area contributed by atoms with Gasteiger partial charge in [0, 0.05) is 5.69 Å². The molecule has 0 bridgehead atoms. The number of benzene rings is 1. The normalized spacial score (nSPS) is 10.9. The van der Waals surface area contributed by atoms with E-state index >= 15 is 0 Å². The molecule has 5 heteroatoms. The van der Waals surface area contributed by atoms with Crippen LogP contribution in [0, 0.1) is 6.92 Å². The molecule has 0 saturated carbocycles. The van der Waals surface area contributed by atoms with Crippen LogP contribution in [0.1, 0.15) is 26.3 Å². The van der Waals surface area contributed by atoms with E-state index < -0.39 is 11.7 Å². The number of hydrogen-bond donors (Lipinski definition) is 2. The Morgan fingerprint density at radius 2 is 1.91 bits per heavy atom. The number of hydrogen-bond acceptors (Lipinski definition) is 4. The number of anilines is 3. The highest BCUT2D eigenvalue weighted by Gasteiger charge is 2.16. The van der Waals surface area contributed by atoms with Crippen LogP contribution < -0.4 is 10.6 Å². The molecule has 0 unspecified atom stereocenters. The molecule has 0 saturated heterocycles. The molecule has 0 aliphatic heterocycles. The molecule has 1 aromatic heterocycles. The maximum atomic E-state index is 11.7. The minimum Gasteiger partial charge on any atom is -0.444 e. The van der Waals surface area contributed by atoms with E-state index in [4.69, 9.17) is 4.74 Å². The van der Waals surface area contributed by atoms with E-state index in [-0.39, 0.29) is 0 Å². The molecule has 0 radical (unpaired) electrons. The van der Waals surface area contributed by atoms with Crippen LogP contribution in [0.4, 0.5) is 22.0 Å². The Kier molecular flexibility index (Phi) is 4.65. The molecule has 0 spiro atoms. The third-order valence-electron chi connectivity index (χ3n) is 2.70. The zero-order valence-corrected chi connectivity index (χ0v) is 13.3. The van der Waals surface area contributed by atoms with Crippen molar-refractivity contribution in [2.45, 2.75) is 33.3 Å². The zero-order valence-electron chi connectivity index (χ0n) is 13.3. The number of pyridine rings is 1. The molecular formula is C17H21N3O2. The molecule has 1 amide bonds. The summed E-state index contributed by atoms with van der Waals surface area (Å²) in [6, 6.07) is 11.6. The van der Waals surface area contributed by atoms with E-state index in [2.05, 4.69) is 15.6 Å². The third-order valence-corrected chi connectivity index (χ3v) is 2.70. The average molecular weight is 299 g/mol. The van der Waals surface area contributed by atoms with Gasteiger partial charge >= 0.3 is 6.09 Å². The predicted octanol–water partition coefficient (Wildman–Crippen LogP) is 4.48. The minimum absolute atomic E-state index is 0.492. The van der Waals surface area contributed by atoms with Crippen LogP contribution in [0.2, 0.25) is 0 Å². The summed E-state index contributed by atoms with van der Waals surface area (Å²) in [5, 5.41) is 5.86. The van der Waals surface area contributed by atoms with Crippen LogP contribution in [0.15, 0.2) is 42.6 Å². The highest BCUT2D eigenvalue weighted by atomic mass is 16.6. The standard InChI is InChI=1S/C17H21N3O2/c1-12-6-5-7-13(10-12)19-15-9-8-14(11-18-15)20-16(21)22-17(2,3)4/h5-11H,1-4H3,(H,18,19)(H,20,21). The second-order valence-electron chi connectivity index (χ2n) is 6.05. The summed E-state index contributed by atoms with van der Waals surface area (Å²) in [7, 11) is 0. The second-order valence-corrected chi connectivity index (χ2v) is 6.05. The molecular weight excluding hydrogens is 278 g/mol. The van der Waals surface area contributed by atoms with Crippen molar-refractivity contribution in [2.75, 3.05) is 10.6 Å². The predicted molar refractivity (Wildman–Crippen MR) is 88.6 cm³/mol. The van der Waals surface area contributed by atoms with E-state index in [0.717, 1.165) is 5.69 Å². The topological polar surface area (TPSA) is 63.2 Å². The zero-order chi connectivity index (χ0) is 16.2. The summed E-state index contributed by atoms with van der Waals surface area (Å²) < 4.78 is 5.19. The van der Waals surface area contributed by atoms with Gasteiger partial charge in [-0.3, -0.25) is 5.32 Å². The average Bonchev–Trinajstić information content (AvgIpc) is 2.39. The van der Waals surface area contributed by atoms with Gasteiger partial charge in [0.05, 0.1) is 11.9 Å². The van der Waals surface area contributed by atoms with Crippen molar-refractivity contribution < 1.29 is 9.53 Å². The lowest BCUT2D eigenvalue weighted by Gasteiger charge is -2.19. The Morgan fingerprint density at radius 3 is 2.50 bits per heavy atom. The van der Waals surface area contributed by atoms with Crippen molar-refractivity contribution in [1.82, 2.24) is 4.98 Å². The lowest BCUT2D eigenvalue weighted by Crippen LogP contribution is -2.27. The van der Waals surface area contributed by atoms with E-state index in [0.29, 0.717) is 11.5 Å². The van der Waals surface area contributed by atoms with Crippen LogP contribution in [0.3, 0.4) is 0 Å². The molecule has 1 aromatic carbocycles. The van der Waals surface area contributed by atoms with Gasteiger partial charge in [-0.05, 0) is 57.5 Å². The third kappa shape index (κ3) is 5.09. The lowest BCUT2D eigenvalue weighted by molar-refractivity contribution is 0.0636. The van der Waals surface area contributed by atoms with Crippen molar-refractivity contribution in [2.24, 2.45) is 0 Å². The van der Waals surface area contributed by atoms with Crippen molar-refractivity contribution in [1.29, 1.82) is 0 Å². The summed E-state index contributed by atoms with van der Waals surface area (Å²) in [5.74, 6) is 0.709. The first-order chi connectivity index (χ1) is 10.3. The Hall–Kier alpha value is -2.56. The number of nitrogens with one attached hydrogen (secondary N) is 2. The fraction of sp³-hybridized carbons (Fsp3) is 0.294. The number of carbonyl (C=O) groups excluding carboxylic acids is 1. The van der Waals surface area contributed by atoms with Gasteiger partial charge in [-0.15, -0.1) is 0 Å². The highest BCUT2D eigenvalue weighted by Crippen LogP contribution is 2.17. The Labute approximate surface area is 130 Å². The summed E-state index contributed by atoms with van der Waals surface area (Å²) in [6.07, 6.45) is 1.09. The van der Waals surface area contributed by atoms with Gasteiger partial charge in [-0.2, -0.15) is 0 Å². The summed E-state index contributed by atoms with van der Waals surface area (Å²) >= 11 is 0. The largest absolute Gasteiger partial charge is 0.444 e. The number of nitrogens with zero attached hydrogens (tertiary/aromatic N) is 1. The second kappa shape index (κ2) is 6.47. The van der Waals surface area contributed by atoms with Crippen molar-refractivity contribution >= 4 is 23.3 Å². The van der Waals surface area contributed by atoms with Crippen LogP contribution in [-0.4, -0.2) is 16.7 Å². The smallest absolute Gasteiger partial charge is 0.412 e. The monoisotopic (exact) mass is 299 g/mol. The number of rotatable bonds is 3. The van der Waals surface area contributed by atoms with E-state index in [9.17, 15) is 4.79 Å². The molecule has 0 aliphatic carbocycles. The quantitative estimate of drug-likeness (QED) is 0.877. The van der Waals surface area contributed by atoms with Crippen molar-refractivity contribution in [3.8, 4) is 0 Å². The van der Waals surface area contributed by atoms with E-state index in [1.165, 1.54) is 5.56 Å². The molecule has 0 aliphatic rings. The van der Waals surface area contributed by atoms with E-state index in [1.807, 2.05) is 52.0 Å². The molecule has 2 N–H and O–H groups in total. The molecule has 5 nitrogen and oxygen atoms in total. The fourth-order valence-electron chi connectivity index (χ4n) is 1.83. The van der Waals surface area contributed by atoms with Gasteiger partial charge in [0.2, 0.25) is 0 Å². The summed E-state index contributed by atoms with van der Waals surface area (Å²) in [5.41, 5.74) is 2.21. The molecule has 0 atom stereocenters. The number of ether oxygens (including phenoxy) is 1. The van der Waals surface area contributed by atoms with Crippen LogP contribution >= 0.6 is 0 Å². The van der Waals surface area contributed by atoms with Crippen LogP contribution in [0.5, 0.6) is 0 Å². The van der Waals surface area contributed by atoms with Crippen molar-refractivity contribution in [3.63, 3.8) is 0 Å². The van der Waals surface area contributed by atoms with Crippen LogP contribution in [-0.2, 0) is 4.74 Å².